The van der Waals surface area contributed by atoms with Crippen LogP contribution in [0.3, 0.4) is 0 Å². The van der Waals surface area contributed by atoms with E-state index >= 15 is 0 Å². The molecule has 0 aliphatic carbocycles. The van der Waals surface area contributed by atoms with Crippen molar-refractivity contribution in [2.75, 3.05) is 7.11 Å². The van der Waals surface area contributed by atoms with Crippen LogP contribution in [0.15, 0.2) is 77.6 Å². The maximum atomic E-state index is 13.4. The van der Waals surface area contributed by atoms with Gasteiger partial charge in [0.25, 0.3) is 5.91 Å². The highest BCUT2D eigenvalue weighted by molar-refractivity contribution is 7.69. The Morgan fingerprint density at radius 2 is 1.62 bits per heavy atom. The van der Waals surface area contributed by atoms with Gasteiger partial charge in [-0.3, -0.25) is 19.0 Å². The Morgan fingerprint density at radius 3 is 2.27 bits per heavy atom. The zero-order valence-electron chi connectivity index (χ0n) is 19.8. The quantitative estimate of drug-likeness (QED) is 0.135. The number of carbonyl (C=O) groups excluding carboxylic acids is 2. The summed E-state index contributed by atoms with van der Waals surface area (Å²) in [4.78, 5) is 38.8. The lowest BCUT2D eigenvalue weighted by atomic mass is 10.1. The first-order valence-corrected chi connectivity index (χ1v) is 13.8. The second-order valence-corrected chi connectivity index (χ2v) is 10.9. The summed E-state index contributed by atoms with van der Waals surface area (Å²) in [6.07, 6.45) is -0.0374. The fourth-order valence-electron chi connectivity index (χ4n) is 4.17. The maximum absolute atomic E-state index is 13.4. The fraction of sp³-hybridized carbons (Fsp3) is 0.107. The summed E-state index contributed by atoms with van der Waals surface area (Å²) in [6.45, 7) is 1.81. The lowest BCUT2D eigenvalue weighted by Gasteiger charge is -2.08. The Labute approximate surface area is 224 Å². The van der Waals surface area contributed by atoms with E-state index in [9.17, 15) is 14.4 Å². The summed E-state index contributed by atoms with van der Waals surface area (Å²) in [7, 11) is 4.16. The van der Waals surface area contributed by atoms with E-state index in [2.05, 4.69) is 0 Å². The zero-order valence-corrected chi connectivity index (χ0v) is 22.2. The Kier molecular flexibility index (Phi) is 6.97. The largest absolute Gasteiger partial charge is 0.497 e. The van der Waals surface area contributed by atoms with Gasteiger partial charge < -0.3 is 9.47 Å². The predicted molar refractivity (Wildman–Crippen MR) is 148 cm³/mol. The van der Waals surface area contributed by atoms with Gasteiger partial charge in [-0.1, -0.05) is 21.9 Å². The van der Waals surface area contributed by atoms with Crippen LogP contribution in [-0.4, -0.2) is 23.6 Å². The Morgan fingerprint density at radius 1 is 0.919 bits per heavy atom. The highest BCUT2D eigenvalue weighted by Gasteiger charge is 2.23. The summed E-state index contributed by atoms with van der Waals surface area (Å²) in [6, 6.07) is 20.7. The first-order chi connectivity index (χ1) is 17.8. The average molecular weight is 550 g/mol. The molecule has 2 aromatic heterocycles. The summed E-state index contributed by atoms with van der Waals surface area (Å²) in [5, 5.41) is 1.27. The molecule has 37 heavy (non-hydrogen) atoms. The molecule has 0 atom stereocenters. The van der Waals surface area contributed by atoms with Crippen LogP contribution in [-0.2, 0) is 11.2 Å². The first-order valence-electron chi connectivity index (χ1n) is 11.2. The number of ether oxygens (including phenoxy) is 2. The van der Waals surface area contributed by atoms with Crippen molar-refractivity contribution in [1.29, 1.82) is 0 Å². The molecule has 0 amide bonds. The molecular formula is C28H20ClNO5S2. The minimum Gasteiger partial charge on any atom is -0.497 e. The van der Waals surface area contributed by atoms with Crippen LogP contribution < -0.4 is 14.2 Å². The molecule has 0 saturated heterocycles. The molecular weight excluding hydrogens is 530 g/mol. The Bertz CT molecular complexity index is 1680. The third-order valence-electron chi connectivity index (χ3n) is 5.99. The third kappa shape index (κ3) is 5.09. The fourth-order valence-corrected chi connectivity index (χ4v) is 6.19. The van der Waals surface area contributed by atoms with Crippen LogP contribution in [0.2, 0.25) is 5.02 Å². The maximum Gasteiger partial charge on any atom is 0.315 e. The molecule has 3 aromatic carbocycles. The number of benzene rings is 3. The van der Waals surface area contributed by atoms with Crippen molar-refractivity contribution in [1.82, 2.24) is 4.57 Å². The monoisotopic (exact) mass is 549 g/mol. The van der Waals surface area contributed by atoms with E-state index in [4.69, 9.17) is 21.1 Å². The van der Waals surface area contributed by atoms with Gasteiger partial charge in [0.15, 0.2) is 0 Å². The number of hydrogen-bond donors (Lipinski definition) is 0. The normalized spacial score (nSPS) is 11.0. The number of hydrogen-bond acceptors (Lipinski definition) is 7. The molecule has 0 radical (unpaired) electrons. The molecule has 5 rings (SSSR count). The highest BCUT2D eigenvalue weighted by Crippen LogP contribution is 2.32. The summed E-state index contributed by atoms with van der Waals surface area (Å²) in [5.74, 6) is 0.323. The number of halogens is 1. The van der Waals surface area contributed by atoms with Crippen LogP contribution in [0, 0.1) is 6.92 Å². The topological polar surface area (TPSA) is 74.6 Å². The molecule has 0 fully saturated rings. The number of carbonyl (C=O) groups is 2. The van der Waals surface area contributed by atoms with Crippen molar-refractivity contribution < 1.29 is 19.1 Å². The van der Waals surface area contributed by atoms with E-state index in [0.29, 0.717) is 38.9 Å². The molecule has 0 aliphatic rings. The van der Waals surface area contributed by atoms with E-state index in [0.717, 1.165) is 15.8 Å². The van der Waals surface area contributed by atoms with Crippen LogP contribution in [0.1, 0.15) is 21.6 Å². The number of nitrogens with zero attached hydrogens (tertiary/aromatic N) is 1. The molecule has 2 heterocycles. The van der Waals surface area contributed by atoms with Gasteiger partial charge in [-0.25, -0.2) is 0 Å². The minimum atomic E-state index is -0.461. The van der Waals surface area contributed by atoms with E-state index in [-0.39, 0.29) is 17.1 Å². The second kappa shape index (κ2) is 10.3. The van der Waals surface area contributed by atoms with Crippen LogP contribution >= 0.6 is 32.3 Å². The minimum absolute atomic E-state index is 0.0104. The molecule has 9 heteroatoms. The number of fused-ring (bicyclic) bond motifs is 1. The van der Waals surface area contributed by atoms with Gasteiger partial charge in [-0.05, 0) is 95.1 Å². The highest BCUT2D eigenvalue weighted by atomic mass is 35.5. The van der Waals surface area contributed by atoms with Crippen molar-refractivity contribution in [2.24, 2.45) is 0 Å². The lowest BCUT2D eigenvalue weighted by molar-refractivity contribution is -0.133. The van der Waals surface area contributed by atoms with E-state index in [1.165, 1.54) is 20.7 Å². The summed E-state index contributed by atoms with van der Waals surface area (Å²) in [5.41, 5.74) is 3.35. The zero-order chi connectivity index (χ0) is 26.1. The van der Waals surface area contributed by atoms with Crippen LogP contribution in [0.4, 0.5) is 0 Å². The number of esters is 1. The van der Waals surface area contributed by atoms with Crippen molar-refractivity contribution in [3.05, 3.63) is 104 Å². The molecule has 6 nitrogen and oxygen atoms in total. The second-order valence-electron chi connectivity index (χ2n) is 8.26. The molecule has 0 bridgehead atoms. The predicted octanol–water partition coefficient (Wildman–Crippen LogP) is 6.60. The Balaban J connectivity index is 1.45. The van der Waals surface area contributed by atoms with Gasteiger partial charge in [0.2, 0.25) is 4.74 Å². The van der Waals surface area contributed by atoms with Gasteiger partial charge >= 0.3 is 5.97 Å². The number of methoxy groups -OCH3 is 1. The first kappa shape index (κ1) is 25.0. The molecule has 0 saturated carbocycles. The molecule has 0 aliphatic heterocycles. The number of aromatic nitrogens is 1. The van der Waals surface area contributed by atoms with Gasteiger partial charge in [0.05, 0.1) is 19.0 Å². The van der Waals surface area contributed by atoms with E-state index in [1.54, 1.807) is 66.3 Å². The van der Waals surface area contributed by atoms with Crippen LogP contribution in [0.5, 0.6) is 11.5 Å². The van der Waals surface area contributed by atoms with E-state index in [1.807, 2.05) is 25.1 Å². The molecule has 186 valence electrons. The molecule has 0 spiro atoms. The van der Waals surface area contributed by atoms with Gasteiger partial charge in [0, 0.05) is 32.6 Å². The standard InChI is InChI=1S/C28H20ClNO5S2/c1-16-22(14-26(31)35-20-9-5-17(6-10-20)25-15-27(32)37-36-25)23-13-21(34-2)11-12-24(23)30(16)28(33)18-3-7-19(29)8-4-18/h3-13,15H,14H2,1-2H3. The molecule has 0 N–H and O–H groups in total. The SMILES string of the molecule is COc1ccc2c(c1)c(CC(=O)Oc1ccc(-c3cc(=O)ss3)cc1)c(C)n2C(=O)c1ccc(Cl)cc1. The Hall–Kier alpha value is -3.72. The van der Waals surface area contributed by atoms with Gasteiger partial charge in [0.1, 0.15) is 11.5 Å². The summed E-state index contributed by atoms with van der Waals surface area (Å²) >= 11 is 6.00. The van der Waals surface area contributed by atoms with Crippen molar-refractivity contribution in [2.45, 2.75) is 13.3 Å². The number of rotatable bonds is 6. The van der Waals surface area contributed by atoms with Crippen molar-refractivity contribution >= 4 is 55.1 Å². The van der Waals surface area contributed by atoms with Crippen molar-refractivity contribution in [3.8, 4) is 21.9 Å². The molecule has 5 aromatic rings. The third-order valence-corrected chi connectivity index (χ3v) is 8.42. The lowest BCUT2D eigenvalue weighted by Crippen LogP contribution is -2.15. The van der Waals surface area contributed by atoms with Crippen LogP contribution in [0.25, 0.3) is 21.3 Å². The van der Waals surface area contributed by atoms with E-state index < -0.39 is 5.97 Å². The van der Waals surface area contributed by atoms with Gasteiger partial charge in [-0.2, -0.15) is 0 Å². The molecule has 0 unspecified atom stereocenters. The van der Waals surface area contributed by atoms with Crippen molar-refractivity contribution in [3.63, 3.8) is 0 Å². The smallest absolute Gasteiger partial charge is 0.315 e. The average Bonchev–Trinajstić information content (AvgIpc) is 3.45. The summed E-state index contributed by atoms with van der Waals surface area (Å²) < 4.78 is 12.6. The van der Waals surface area contributed by atoms with Gasteiger partial charge in [-0.15, -0.1) is 0 Å².